The van der Waals surface area contributed by atoms with Crippen molar-refractivity contribution in [3.05, 3.63) is 23.8 Å². The zero-order chi connectivity index (χ0) is 13.1. The molecule has 0 saturated heterocycles. The number of nitrogens with zero attached hydrogens (tertiary/aromatic N) is 1. The second-order valence-corrected chi connectivity index (χ2v) is 6.08. The molecule has 1 unspecified atom stereocenters. The Hall–Kier alpha value is -1.16. The van der Waals surface area contributed by atoms with Crippen LogP contribution in [0.1, 0.15) is 19.4 Å². The van der Waals surface area contributed by atoms with Gasteiger partial charge in [-0.2, -0.15) is 0 Å². The van der Waals surface area contributed by atoms with Crippen molar-refractivity contribution in [3.63, 3.8) is 0 Å². The summed E-state index contributed by atoms with van der Waals surface area (Å²) in [5.41, 5.74) is 2.20. The topological polar surface area (TPSA) is 33.6 Å². The molecular formula is C14H20N2OS. The number of benzene rings is 1. The van der Waals surface area contributed by atoms with Crippen LogP contribution in [0.15, 0.2) is 23.2 Å². The molecule has 1 heterocycles. The summed E-state index contributed by atoms with van der Waals surface area (Å²) < 4.78 is 5.26. The molecule has 3 nitrogen and oxygen atoms in total. The molecule has 0 spiro atoms. The lowest BCUT2D eigenvalue weighted by Crippen LogP contribution is -2.13. The first kappa shape index (κ1) is 13.3. The maximum absolute atomic E-state index is 5.26. The third-order valence-corrected chi connectivity index (χ3v) is 4.52. The Labute approximate surface area is 113 Å². The van der Waals surface area contributed by atoms with Gasteiger partial charge >= 0.3 is 0 Å². The van der Waals surface area contributed by atoms with Crippen molar-refractivity contribution >= 4 is 22.6 Å². The highest BCUT2D eigenvalue weighted by molar-refractivity contribution is 8.15. The van der Waals surface area contributed by atoms with Crippen LogP contribution in [-0.2, 0) is 0 Å². The normalized spacial score (nSPS) is 18.9. The molecule has 1 aliphatic rings. The number of aryl methyl sites for hydroxylation is 1. The first-order valence-electron chi connectivity index (χ1n) is 6.23. The van der Waals surface area contributed by atoms with Crippen LogP contribution in [0.25, 0.3) is 0 Å². The van der Waals surface area contributed by atoms with Gasteiger partial charge in [-0.1, -0.05) is 25.6 Å². The van der Waals surface area contributed by atoms with Crippen molar-refractivity contribution in [1.29, 1.82) is 0 Å². The molecule has 18 heavy (non-hydrogen) atoms. The maximum Gasteiger partial charge on any atom is 0.161 e. The summed E-state index contributed by atoms with van der Waals surface area (Å²) in [5, 5.41) is 5.00. The Morgan fingerprint density at radius 1 is 1.44 bits per heavy atom. The average molecular weight is 264 g/mol. The van der Waals surface area contributed by atoms with E-state index in [0.717, 1.165) is 28.7 Å². The number of anilines is 1. The van der Waals surface area contributed by atoms with Crippen LogP contribution in [0.5, 0.6) is 5.75 Å². The summed E-state index contributed by atoms with van der Waals surface area (Å²) in [6, 6.07) is 6.10. The minimum atomic E-state index is 0.604. The zero-order valence-corrected chi connectivity index (χ0v) is 12.2. The maximum atomic E-state index is 5.26. The van der Waals surface area contributed by atoms with Gasteiger partial charge in [0, 0.05) is 10.9 Å². The molecule has 1 N–H and O–H groups in total. The minimum Gasteiger partial charge on any atom is -0.496 e. The molecule has 1 aromatic carbocycles. The molecule has 0 fully saturated rings. The lowest BCUT2D eigenvalue weighted by molar-refractivity contribution is 0.412. The van der Waals surface area contributed by atoms with Gasteiger partial charge in [0.1, 0.15) is 5.75 Å². The van der Waals surface area contributed by atoms with Crippen LogP contribution in [0.3, 0.4) is 0 Å². The lowest BCUT2D eigenvalue weighted by atomic mass is 10.1. The standard InChI is InChI=1S/C14H20N2OS/c1-9(2)13-8-15-14(18-13)16-11-5-6-12(17-4)10(3)7-11/h5-7,9,13H,8H2,1-4H3,(H,15,16). The molecule has 1 atom stereocenters. The molecule has 1 aliphatic heterocycles. The summed E-state index contributed by atoms with van der Waals surface area (Å²) in [4.78, 5) is 4.54. The largest absolute Gasteiger partial charge is 0.496 e. The number of amidine groups is 1. The molecule has 0 bridgehead atoms. The quantitative estimate of drug-likeness (QED) is 0.906. The van der Waals surface area contributed by atoms with Crippen LogP contribution in [0.2, 0.25) is 0 Å². The third kappa shape index (κ3) is 2.99. The smallest absolute Gasteiger partial charge is 0.161 e. The molecule has 0 amide bonds. The molecule has 1 aromatic rings. The highest BCUT2D eigenvalue weighted by Crippen LogP contribution is 2.29. The summed E-state index contributed by atoms with van der Waals surface area (Å²) in [5.74, 6) is 1.58. The van der Waals surface area contributed by atoms with Crippen LogP contribution < -0.4 is 10.1 Å². The van der Waals surface area contributed by atoms with E-state index in [1.165, 1.54) is 0 Å². The van der Waals surface area contributed by atoms with Gasteiger partial charge in [-0.15, -0.1) is 0 Å². The zero-order valence-electron chi connectivity index (χ0n) is 11.4. The predicted octanol–water partition coefficient (Wildman–Crippen LogP) is 3.54. The molecule has 0 saturated carbocycles. The molecule has 0 radical (unpaired) electrons. The highest BCUT2D eigenvalue weighted by Gasteiger charge is 2.22. The molecule has 0 aliphatic carbocycles. The fourth-order valence-electron chi connectivity index (χ4n) is 1.89. The Morgan fingerprint density at radius 2 is 2.22 bits per heavy atom. The van der Waals surface area contributed by atoms with Crippen molar-refractivity contribution in [2.45, 2.75) is 26.0 Å². The fourth-order valence-corrected chi connectivity index (χ4v) is 2.92. The van der Waals surface area contributed by atoms with Crippen LogP contribution in [-0.4, -0.2) is 24.1 Å². The van der Waals surface area contributed by atoms with E-state index in [1.807, 2.05) is 30.8 Å². The predicted molar refractivity (Wildman–Crippen MR) is 79.9 cm³/mol. The Balaban J connectivity index is 2.01. The molecular weight excluding hydrogens is 244 g/mol. The van der Waals surface area contributed by atoms with Crippen molar-refractivity contribution in [3.8, 4) is 5.75 Å². The van der Waals surface area contributed by atoms with Gasteiger partial charge in [0.05, 0.1) is 13.7 Å². The first-order valence-corrected chi connectivity index (χ1v) is 7.11. The number of rotatable bonds is 3. The SMILES string of the molecule is COc1ccc(NC2=NCC(C(C)C)S2)cc1C. The number of thioether (sulfide) groups is 1. The molecule has 98 valence electrons. The minimum absolute atomic E-state index is 0.604. The van der Waals surface area contributed by atoms with E-state index in [-0.39, 0.29) is 0 Å². The van der Waals surface area contributed by atoms with Gasteiger partial charge in [-0.05, 0) is 36.6 Å². The van der Waals surface area contributed by atoms with E-state index >= 15 is 0 Å². The van der Waals surface area contributed by atoms with E-state index in [1.54, 1.807) is 7.11 Å². The van der Waals surface area contributed by atoms with Crippen molar-refractivity contribution in [1.82, 2.24) is 0 Å². The highest BCUT2D eigenvalue weighted by atomic mass is 32.2. The number of hydrogen-bond acceptors (Lipinski definition) is 4. The lowest BCUT2D eigenvalue weighted by Gasteiger charge is -2.13. The van der Waals surface area contributed by atoms with E-state index < -0.39 is 0 Å². The van der Waals surface area contributed by atoms with E-state index in [2.05, 4.69) is 30.2 Å². The number of ether oxygens (including phenoxy) is 1. The van der Waals surface area contributed by atoms with Gasteiger partial charge in [0.2, 0.25) is 0 Å². The Kier molecular flexibility index (Phi) is 4.17. The number of methoxy groups -OCH3 is 1. The second-order valence-electron chi connectivity index (χ2n) is 4.86. The van der Waals surface area contributed by atoms with Crippen molar-refractivity contribution in [2.24, 2.45) is 10.9 Å². The van der Waals surface area contributed by atoms with Gasteiger partial charge in [0.15, 0.2) is 5.17 Å². The van der Waals surface area contributed by atoms with Crippen molar-refractivity contribution < 1.29 is 4.74 Å². The van der Waals surface area contributed by atoms with Gasteiger partial charge < -0.3 is 10.1 Å². The molecule has 0 aromatic heterocycles. The number of aliphatic imine (C=N–C) groups is 1. The van der Waals surface area contributed by atoms with Gasteiger partial charge in [-0.25, -0.2) is 0 Å². The van der Waals surface area contributed by atoms with Gasteiger partial charge in [0.25, 0.3) is 0 Å². The summed E-state index contributed by atoms with van der Waals surface area (Å²) in [6.07, 6.45) is 0. The average Bonchev–Trinajstić information content (AvgIpc) is 2.78. The molecule has 2 rings (SSSR count). The van der Waals surface area contributed by atoms with Crippen LogP contribution in [0.4, 0.5) is 5.69 Å². The number of nitrogens with one attached hydrogen (secondary N) is 1. The Morgan fingerprint density at radius 3 is 2.78 bits per heavy atom. The fraction of sp³-hybridized carbons (Fsp3) is 0.500. The summed E-state index contributed by atoms with van der Waals surface area (Å²) in [6.45, 7) is 7.45. The van der Waals surface area contributed by atoms with Gasteiger partial charge in [-0.3, -0.25) is 4.99 Å². The third-order valence-electron chi connectivity index (χ3n) is 3.07. The van der Waals surface area contributed by atoms with E-state index in [0.29, 0.717) is 11.2 Å². The number of hydrogen-bond donors (Lipinski definition) is 1. The van der Waals surface area contributed by atoms with Crippen LogP contribution in [0, 0.1) is 12.8 Å². The monoisotopic (exact) mass is 264 g/mol. The van der Waals surface area contributed by atoms with E-state index in [4.69, 9.17) is 4.74 Å². The Bertz CT molecular complexity index is 457. The molecule has 4 heteroatoms. The second kappa shape index (κ2) is 5.65. The summed E-state index contributed by atoms with van der Waals surface area (Å²) in [7, 11) is 1.69. The summed E-state index contributed by atoms with van der Waals surface area (Å²) >= 11 is 1.84. The van der Waals surface area contributed by atoms with Crippen molar-refractivity contribution in [2.75, 3.05) is 19.0 Å². The first-order chi connectivity index (χ1) is 8.60. The van der Waals surface area contributed by atoms with E-state index in [9.17, 15) is 0 Å². The van der Waals surface area contributed by atoms with Crippen LogP contribution >= 0.6 is 11.8 Å².